The summed E-state index contributed by atoms with van der Waals surface area (Å²) in [5, 5.41) is 10.7. The summed E-state index contributed by atoms with van der Waals surface area (Å²) in [6, 6.07) is 15.0. The second kappa shape index (κ2) is 7.53. The molecule has 32 heavy (non-hydrogen) atoms. The van der Waals surface area contributed by atoms with Crippen molar-refractivity contribution < 1.29 is 13.2 Å². The van der Waals surface area contributed by atoms with E-state index in [2.05, 4.69) is 21.0 Å². The first-order valence-electron chi connectivity index (χ1n) is 9.82. The van der Waals surface area contributed by atoms with E-state index in [1.54, 1.807) is 35.2 Å². The first kappa shape index (κ1) is 20.3. The summed E-state index contributed by atoms with van der Waals surface area (Å²) < 4.78 is 39.9. The summed E-state index contributed by atoms with van der Waals surface area (Å²) in [6.07, 6.45) is -2.86. The van der Waals surface area contributed by atoms with Crippen molar-refractivity contribution in [2.24, 2.45) is 0 Å². The maximum atomic E-state index is 13.3. The van der Waals surface area contributed by atoms with Crippen LogP contribution >= 0.6 is 11.6 Å². The van der Waals surface area contributed by atoms with Gasteiger partial charge in [-0.05, 0) is 53.9 Å². The van der Waals surface area contributed by atoms with Crippen LogP contribution in [-0.2, 0) is 12.6 Å². The Morgan fingerprint density at radius 1 is 1.12 bits per heavy atom. The van der Waals surface area contributed by atoms with Crippen LogP contribution in [0.3, 0.4) is 0 Å². The number of aromatic amines is 1. The van der Waals surface area contributed by atoms with Gasteiger partial charge in [-0.15, -0.1) is 0 Å². The minimum atomic E-state index is -4.57. The SMILES string of the molecule is N#Cc1ccc(C2c3[nH]c4ccc(Cl)cc4c3CCN2c2nccc(C(F)(F)F)n2)cc1. The fourth-order valence-electron chi connectivity index (χ4n) is 4.21. The molecule has 0 amide bonds. The quantitative estimate of drug-likeness (QED) is 0.425. The van der Waals surface area contributed by atoms with Crippen molar-refractivity contribution in [2.75, 3.05) is 11.4 Å². The molecule has 1 N–H and O–H groups in total. The van der Waals surface area contributed by atoms with Crippen LogP contribution in [0.25, 0.3) is 10.9 Å². The van der Waals surface area contributed by atoms with Gasteiger partial charge in [0.1, 0.15) is 5.69 Å². The van der Waals surface area contributed by atoms with Gasteiger partial charge in [0.05, 0.1) is 17.7 Å². The fourth-order valence-corrected chi connectivity index (χ4v) is 4.38. The molecule has 0 fully saturated rings. The second-order valence-electron chi connectivity index (χ2n) is 7.53. The van der Waals surface area contributed by atoms with Gasteiger partial charge in [0, 0.05) is 34.4 Å². The summed E-state index contributed by atoms with van der Waals surface area (Å²) in [5.74, 6) is -0.00322. The lowest BCUT2D eigenvalue weighted by molar-refractivity contribution is -0.141. The summed E-state index contributed by atoms with van der Waals surface area (Å²) >= 11 is 6.21. The largest absolute Gasteiger partial charge is 0.433 e. The zero-order chi connectivity index (χ0) is 22.5. The molecule has 5 nitrogen and oxygen atoms in total. The standard InChI is InChI=1S/C23H15ClF3N5/c24-15-5-6-18-17(11-15)16-8-10-32(22-29-9-7-19(31-22)23(25,26)27)21(20(16)30-18)14-3-1-13(12-28)2-4-14/h1-7,9,11,21,30H,8,10H2. The van der Waals surface area contributed by atoms with E-state index in [0.717, 1.165) is 40.0 Å². The number of nitrogens with one attached hydrogen (secondary N) is 1. The van der Waals surface area contributed by atoms with Crippen molar-refractivity contribution >= 4 is 28.5 Å². The molecule has 2 aromatic carbocycles. The zero-order valence-electron chi connectivity index (χ0n) is 16.5. The van der Waals surface area contributed by atoms with E-state index in [9.17, 15) is 13.2 Å². The molecule has 1 atom stereocenters. The van der Waals surface area contributed by atoms with Gasteiger partial charge in [-0.1, -0.05) is 23.7 Å². The molecule has 2 aromatic heterocycles. The van der Waals surface area contributed by atoms with Crippen molar-refractivity contribution in [3.63, 3.8) is 0 Å². The third-order valence-electron chi connectivity index (χ3n) is 5.63. The lowest BCUT2D eigenvalue weighted by atomic mass is 9.92. The Bertz CT molecular complexity index is 1360. The Morgan fingerprint density at radius 2 is 1.91 bits per heavy atom. The van der Waals surface area contributed by atoms with Crippen molar-refractivity contribution in [1.29, 1.82) is 5.26 Å². The van der Waals surface area contributed by atoms with Crippen LogP contribution in [0.1, 0.15) is 34.1 Å². The highest BCUT2D eigenvalue weighted by atomic mass is 35.5. The van der Waals surface area contributed by atoms with Crippen LogP contribution in [0.15, 0.2) is 54.7 Å². The highest BCUT2D eigenvalue weighted by Gasteiger charge is 2.36. The molecule has 160 valence electrons. The Labute approximate surface area is 186 Å². The molecule has 5 rings (SSSR count). The number of hydrogen-bond donors (Lipinski definition) is 1. The predicted octanol–water partition coefficient (Wildman–Crippen LogP) is 5.65. The monoisotopic (exact) mass is 453 g/mol. The number of alkyl halides is 3. The van der Waals surface area contributed by atoms with Crippen molar-refractivity contribution in [3.8, 4) is 6.07 Å². The van der Waals surface area contributed by atoms with E-state index in [1.165, 1.54) is 0 Å². The number of anilines is 1. The number of hydrogen-bond acceptors (Lipinski definition) is 4. The Hall–Kier alpha value is -3.57. The minimum Gasteiger partial charge on any atom is -0.356 e. The van der Waals surface area contributed by atoms with Gasteiger partial charge in [-0.3, -0.25) is 0 Å². The summed E-state index contributed by atoms with van der Waals surface area (Å²) in [7, 11) is 0. The van der Waals surface area contributed by atoms with Crippen LogP contribution in [0.5, 0.6) is 0 Å². The average molecular weight is 454 g/mol. The number of aromatic nitrogens is 3. The Balaban J connectivity index is 1.69. The Morgan fingerprint density at radius 3 is 2.62 bits per heavy atom. The van der Waals surface area contributed by atoms with Crippen LogP contribution in [0.2, 0.25) is 5.02 Å². The van der Waals surface area contributed by atoms with Gasteiger partial charge in [-0.2, -0.15) is 18.4 Å². The van der Waals surface area contributed by atoms with Gasteiger partial charge in [0.2, 0.25) is 5.95 Å². The van der Waals surface area contributed by atoms with E-state index in [1.807, 2.05) is 12.1 Å². The number of nitriles is 1. The lowest BCUT2D eigenvalue weighted by Crippen LogP contribution is -2.37. The molecule has 0 bridgehead atoms. The summed E-state index contributed by atoms with van der Waals surface area (Å²) in [5.41, 5.74) is 3.11. The second-order valence-corrected chi connectivity index (χ2v) is 7.96. The molecule has 0 aliphatic carbocycles. The van der Waals surface area contributed by atoms with Crippen molar-refractivity contribution in [3.05, 3.63) is 87.8 Å². The zero-order valence-corrected chi connectivity index (χ0v) is 17.2. The van der Waals surface area contributed by atoms with E-state index in [4.69, 9.17) is 16.9 Å². The molecule has 1 aliphatic rings. The number of benzene rings is 2. The molecule has 0 spiro atoms. The van der Waals surface area contributed by atoms with Crippen LogP contribution in [0.4, 0.5) is 19.1 Å². The van der Waals surface area contributed by atoms with Gasteiger partial charge in [-0.25, -0.2) is 9.97 Å². The molecule has 1 unspecified atom stereocenters. The van der Waals surface area contributed by atoms with Crippen LogP contribution < -0.4 is 4.90 Å². The highest BCUT2D eigenvalue weighted by molar-refractivity contribution is 6.31. The molecule has 0 saturated heterocycles. The number of rotatable bonds is 2. The number of fused-ring (bicyclic) bond motifs is 3. The fraction of sp³-hybridized carbons (Fsp3) is 0.174. The third kappa shape index (κ3) is 3.45. The first-order valence-corrected chi connectivity index (χ1v) is 10.2. The first-order chi connectivity index (χ1) is 15.3. The topological polar surface area (TPSA) is 68.6 Å². The maximum absolute atomic E-state index is 13.3. The maximum Gasteiger partial charge on any atom is 0.433 e. The third-order valence-corrected chi connectivity index (χ3v) is 5.87. The van der Waals surface area contributed by atoms with E-state index >= 15 is 0 Å². The molecule has 0 radical (unpaired) electrons. The van der Waals surface area contributed by atoms with Crippen molar-refractivity contribution in [2.45, 2.75) is 18.6 Å². The van der Waals surface area contributed by atoms with E-state index < -0.39 is 17.9 Å². The molecule has 4 aromatic rings. The minimum absolute atomic E-state index is 0.00322. The van der Waals surface area contributed by atoms with Gasteiger partial charge >= 0.3 is 6.18 Å². The van der Waals surface area contributed by atoms with Gasteiger partial charge in [0.25, 0.3) is 0 Å². The molecular weight excluding hydrogens is 439 g/mol. The number of halogens is 4. The summed E-state index contributed by atoms with van der Waals surface area (Å²) in [4.78, 5) is 13.2. The molecule has 0 saturated carbocycles. The summed E-state index contributed by atoms with van der Waals surface area (Å²) in [6.45, 7) is 0.415. The number of H-pyrrole nitrogens is 1. The van der Waals surface area contributed by atoms with Crippen molar-refractivity contribution in [1.82, 2.24) is 15.0 Å². The lowest BCUT2D eigenvalue weighted by Gasteiger charge is -2.36. The van der Waals surface area contributed by atoms with Gasteiger partial charge in [0.15, 0.2) is 0 Å². The smallest absolute Gasteiger partial charge is 0.356 e. The van der Waals surface area contributed by atoms with Gasteiger partial charge < -0.3 is 9.88 Å². The molecule has 1 aliphatic heterocycles. The molecule has 9 heteroatoms. The number of nitrogens with zero attached hydrogens (tertiary/aromatic N) is 4. The molecule has 3 heterocycles. The van der Waals surface area contributed by atoms with Crippen LogP contribution in [-0.4, -0.2) is 21.5 Å². The normalized spacial score (nSPS) is 16.1. The highest BCUT2D eigenvalue weighted by Crippen LogP contribution is 2.41. The predicted molar refractivity (Wildman–Crippen MR) is 114 cm³/mol. The average Bonchev–Trinajstić information content (AvgIpc) is 3.16. The Kier molecular flexibility index (Phi) is 4.79. The molecular formula is C23H15ClF3N5. The van der Waals surface area contributed by atoms with E-state index in [0.29, 0.717) is 23.6 Å². The van der Waals surface area contributed by atoms with E-state index in [-0.39, 0.29) is 5.95 Å². The van der Waals surface area contributed by atoms with Crippen LogP contribution in [0, 0.1) is 11.3 Å².